The van der Waals surface area contributed by atoms with Gasteiger partial charge in [0.05, 0.1) is 25.9 Å². The van der Waals surface area contributed by atoms with Gasteiger partial charge in [-0.2, -0.15) is 0 Å². The molecule has 2 aliphatic rings. The molecule has 1 aliphatic carbocycles. The fourth-order valence-corrected chi connectivity index (χ4v) is 3.63. The van der Waals surface area contributed by atoms with Crippen LogP contribution in [0.25, 0.3) is 0 Å². The Bertz CT molecular complexity index is 423. The van der Waals surface area contributed by atoms with E-state index in [-0.39, 0.29) is 19.4 Å². The molecule has 2 fully saturated rings. The summed E-state index contributed by atoms with van der Waals surface area (Å²) in [6.45, 7) is 10.2. The highest BCUT2D eigenvalue weighted by Crippen LogP contribution is 2.24. The van der Waals surface area contributed by atoms with Gasteiger partial charge in [-0.05, 0) is 52.6 Å². The number of hydrogen-bond acceptors (Lipinski definition) is 5. The van der Waals surface area contributed by atoms with Crippen molar-refractivity contribution in [3.8, 4) is 0 Å². The van der Waals surface area contributed by atoms with Crippen LogP contribution in [0.2, 0.25) is 0 Å². The summed E-state index contributed by atoms with van der Waals surface area (Å²) in [5.41, 5.74) is 0. The number of carbonyl (C=O) groups excluding carboxylic acids is 2. The van der Waals surface area contributed by atoms with Crippen molar-refractivity contribution < 1.29 is 20.5 Å². The van der Waals surface area contributed by atoms with Crippen molar-refractivity contribution in [1.29, 1.82) is 0 Å². The fourth-order valence-electron chi connectivity index (χ4n) is 3.63. The van der Waals surface area contributed by atoms with E-state index in [0.29, 0.717) is 38.1 Å². The number of carbonyl (C=O) groups is 2. The Kier molecular flexibility index (Phi) is 14.2. The highest BCUT2D eigenvalue weighted by Gasteiger charge is 2.20. The third-order valence-corrected chi connectivity index (χ3v) is 5.34. The predicted molar refractivity (Wildman–Crippen MR) is 114 cm³/mol. The molecule has 0 spiro atoms. The Balaban J connectivity index is 0.000000606. The number of hydrogen-bond donors (Lipinski definition) is 2. The third kappa shape index (κ3) is 11.8. The van der Waals surface area contributed by atoms with Gasteiger partial charge in [0.15, 0.2) is 0 Å². The highest BCUT2D eigenvalue weighted by atomic mass is 16.5. The summed E-state index contributed by atoms with van der Waals surface area (Å²) in [5.74, 6) is 1.26. The van der Waals surface area contributed by atoms with Crippen LogP contribution in [0.4, 0.5) is 0 Å². The van der Waals surface area contributed by atoms with E-state index < -0.39 is 0 Å². The van der Waals surface area contributed by atoms with E-state index in [2.05, 4.69) is 10.6 Å². The van der Waals surface area contributed by atoms with Crippen LogP contribution in [0.5, 0.6) is 0 Å². The molecule has 1 amide bonds. The first-order valence-corrected chi connectivity index (χ1v) is 11.2. The van der Waals surface area contributed by atoms with Crippen LogP contribution >= 0.6 is 0 Å². The van der Waals surface area contributed by atoms with Gasteiger partial charge in [-0.3, -0.25) is 9.59 Å². The van der Waals surface area contributed by atoms with E-state index in [1.165, 1.54) is 19.3 Å². The van der Waals surface area contributed by atoms with Gasteiger partial charge in [0.2, 0.25) is 5.91 Å². The zero-order chi connectivity index (χ0) is 20.6. The first-order valence-electron chi connectivity index (χ1n) is 11.2. The lowest BCUT2D eigenvalue weighted by molar-refractivity contribution is -0.126. The zero-order valence-electron chi connectivity index (χ0n) is 18.3. The van der Waals surface area contributed by atoms with E-state index in [4.69, 9.17) is 9.47 Å². The number of nitrogens with one attached hydrogen (secondary N) is 2. The van der Waals surface area contributed by atoms with Gasteiger partial charge in [0.25, 0.3) is 0 Å². The van der Waals surface area contributed by atoms with E-state index in [0.717, 1.165) is 45.2 Å². The maximum absolute atomic E-state index is 11.8. The average Bonchev–Trinajstić information content (AvgIpc) is 2.73. The summed E-state index contributed by atoms with van der Waals surface area (Å²) in [6, 6.07) is 0. The minimum absolute atomic E-state index is 0. The molecule has 0 atom stereocenters. The molecule has 2 N–H and O–H groups in total. The van der Waals surface area contributed by atoms with Crippen LogP contribution in [0.1, 0.15) is 73.6 Å². The molecule has 6 nitrogen and oxygen atoms in total. The van der Waals surface area contributed by atoms with Gasteiger partial charge in [0.1, 0.15) is 5.78 Å². The zero-order valence-corrected chi connectivity index (χ0v) is 18.3. The van der Waals surface area contributed by atoms with Gasteiger partial charge < -0.3 is 20.1 Å². The lowest BCUT2D eigenvalue weighted by Crippen LogP contribution is -2.39. The maximum atomic E-state index is 11.8. The van der Waals surface area contributed by atoms with Crippen molar-refractivity contribution in [3.63, 3.8) is 0 Å². The highest BCUT2D eigenvalue weighted by molar-refractivity contribution is 5.80. The lowest BCUT2D eigenvalue weighted by atomic mass is 9.85. The Labute approximate surface area is 173 Å². The van der Waals surface area contributed by atoms with Crippen LogP contribution < -0.4 is 10.6 Å². The van der Waals surface area contributed by atoms with Crippen molar-refractivity contribution in [2.75, 3.05) is 39.5 Å². The first-order chi connectivity index (χ1) is 13.5. The molecular weight excluding hydrogens is 356 g/mol. The van der Waals surface area contributed by atoms with Crippen molar-refractivity contribution in [2.24, 2.45) is 11.8 Å². The van der Waals surface area contributed by atoms with Crippen LogP contribution in [0.3, 0.4) is 0 Å². The second-order valence-electron chi connectivity index (χ2n) is 8.00. The monoisotopic (exact) mass is 400 g/mol. The van der Waals surface area contributed by atoms with Gasteiger partial charge in [0, 0.05) is 26.2 Å². The second kappa shape index (κ2) is 15.9. The molecular formula is C22H44N2O4. The summed E-state index contributed by atoms with van der Waals surface area (Å²) < 4.78 is 10.7. The summed E-state index contributed by atoms with van der Waals surface area (Å²) in [4.78, 5) is 22.9. The largest absolute Gasteiger partial charge is 0.377 e. The predicted octanol–water partition coefficient (Wildman–Crippen LogP) is 3.34. The topological polar surface area (TPSA) is 76.7 Å². The molecule has 1 heterocycles. The lowest BCUT2D eigenvalue weighted by Gasteiger charge is -2.21. The Hall–Kier alpha value is -0.980. The Morgan fingerprint density at radius 1 is 1.00 bits per heavy atom. The maximum Gasteiger partial charge on any atom is 0.223 e. The molecule has 1 saturated heterocycles. The van der Waals surface area contributed by atoms with Crippen molar-refractivity contribution in [3.05, 3.63) is 0 Å². The SMILES string of the molecule is CC(C)OCCOCCNC(=O)C1CCNCC1.CCC(=O)C1CCCCC1.[HH]. The van der Waals surface area contributed by atoms with Gasteiger partial charge >= 0.3 is 0 Å². The van der Waals surface area contributed by atoms with E-state index >= 15 is 0 Å². The molecule has 1 aliphatic heterocycles. The van der Waals surface area contributed by atoms with Crippen molar-refractivity contribution in [1.82, 2.24) is 10.6 Å². The van der Waals surface area contributed by atoms with Crippen LogP contribution in [0, 0.1) is 11.8 Å². The smallest absolute Gasteiger partial charge is 0.223 e. The summed E-state index contributed by atoms with van der Waals surface area (Å²) in [6.07, 6.45) is 9.07. The number of ether oxygens (including phenoxy) is 2. The molecule has 2 rings (SSSR count). The quantitative estimate of drug-likeness (QED) is 0.550. The standard InChI is InChI=1S/C13H26N2O3.C9H16O.H2/c1-11(2)18-10-9-17-8-7-15-13(16)12-3-5-14-6-4-12;1-2-9(10)8-6-4-3-5-7-8;/h11-12,14H,3-10H2,1-2H3,(H,15,16);8H,2-7H2,1H3;1H. The van der Waals surface area contributed by atoms with Crippen LogP contribution in [-0.4, -0.2) is 57.2 Å². The number of ketones is 1. The first kappa shape index (κ1) is 25.1. The number of amides is 1. The number of rotatable bonds is 10. The Morgan fingerprint density at radius 2 is 1.68 bits per heavy atom. The molecule has 0 radical (unpaired) electrons. The molecule has 0 aromatic rings. The summed E-state index contributed by atoms with van der Waals surface area (Å²) in [5, 5.41) is 6.17. The van der Waals surface area contributed by atoms with Crippen LogP contribution in [-0.2, 0) is 19.1 Å². The molecule has 6 heteroatoms. The van der Waals surface area contributed by atoms with E-state index in [9.17, 15) is 9.59 Å². The molecule has 0 bridgehead atoms. The molecule has 0 aromatic heterocycles. The minimum Gasteiger partial charge on any atom is -0.377 e. The number of piperidine rings is 1. The van der Waals surface area contributed by atoms with E-state index in [1.54, 1.807) is 0 Å². The van der Waals surface area contributed by atoms with Crippen molar-refractivity contribution >= 4 is 11.7 Å². The number of Topliss-reactive ketones (excluding diaryl/α,β-unsaturated/α-hetero) is 1. The van der Waals surface area contributed by atoms with Gasteiger partial charge in [-0.25, -0.2) is 0 Å². The van der Waals surface area contributed by atoms with Crippen LogP contribution in [0.15, 0.2) is 0 Å². The van der Waals surface area contributed by atoms with E-state index in [1.807, 2.05) is 20.8 Å². The third-order valence-electron chi connectivity index (χ3n) is 5.34. The molecule has 1 saturated carbocycles. The fraction of sp³-hybridized carbons (Fsp3) is 0.909. The van der Waals surface area contributed by atoms with Gasteiger partial charge in [-0.1, -0.05) is 26.2 Å². The van der Waals surface area contributed by atoms with Crippen molar-refractivity contribution in [2.45, 2.75) is 78.2 Å². The molecule has 28 heavy (non-hydrogen) atoms. The minimum atomic E-state index is 0. The molecule has 0 unspecified atom stereocenters. The molecule has 166 valence electrons. The van der Waals surface area contributed by atoms with Gasteiger partial charge in [-0.15, -0.1) is 0 Å². The Morgan fingerprint density at radius 3 is 2.29 bits per heavy atom. The summed E-state index contributed by atoms with van der Waals surface area (Å²) in [7, 11) is 0. The molecule has 0 aromatic carbocycles. The normalized spacial score (nSPS) is 18.4. The summed E-state index contributed by atoms with van der Waals surface area (Å²) >= 11 is 0. The average molecular weight is 401 g/mol. The second-order valence-corrected chi connectivity index (χ2v) is 8.00.